The summed E-state index contributed by atoms with van der Waals surface area (Å²) in [6.45, 7) is 0.662. The number of hydrogen-bond donors (Lipinski definition) is 0. The highest BCUT2D eigenvalue weighted by molar-refractivity contribution is 6.31. The van der Waals surface area contributed by atoms with Crippen molar-refractivity contribution in [3.8, 4) is 11.1 Å². The lowest BCUT2D eigenvalue weighted by Gasteiger charge is -2.45. The van der Waals surface area contributed by atoms with Gasteiger partial charge in [0.25, 0.3) is 0 Å². The van der Waals surface area contributed by atoms with E-state index < -0.39 is 5.54 Å². The Labute approximate surface area is 265 Å². The molecule has 1 atom stereocenters. The van der Waals surface area contributed by atoms with Gasteiger partial charge in [0.15, 0.2) is 0 Å². The zero-order valence-electron chi connectivity index (χ0n) is 24.4. The highest BCUT2D eigenvalue weighted by atomic mass is 35.5. The lowest BCUT2D eigenvalue weighted by Crippen LogP contribution is -2.47. The van der Waals surface area contributed by atoms with E-state index in [1.807, 2.05) is 12.1 Å². The van der Waals surface area contributed by atoms with Crippen LogP contribution in [0.1, 0.15) is 33.9 Å². The third kappa shape index (κ3) is 5.08. The van der Waals surface area contributed by atoms with Crippen molar-refractivity contribution in [1.82, 2.24) is 9.80 Å². The van der Waals surface area contributed by atoms with Gasteiger partial charge < -0.3 is 9.80 Å². The molecule has 0 amide bonds. The average Bonchev–Trinajstić information content (AvgIpc) is 3.58. The van der Waals surface area contributed by atoms with Crippen molar-refractivity contribution >= 4 is 11.6 Å². The van der Waals surface area contributed by atoms with Crippen molar-refractivity contribution in [1.29, 1.82) is 0 Å². The molecule has 0 aliphatic carbocycles. The second kappa shape index (κ2) is 12.3. The van der Waals surface area contributed by atoms with E-state index in [1.165, 1.54) is 22.3 Å². The molecule has 0 aromatic heterocycles. The molecule has 0 N–H and O–H groups in total. The van der Waals surface area contributed by atoms with Gasteiger partial charge in [-0.15, -0.1) is 0 Å². The van der Waals surface area contributed by atoms with E-state index in [-0.39, 0.29) is 6.04 Å². The summed E-state index contributed by atoms with van der Waals surface area (Å²) >= 11 is 7.08. The second-order valence-corrected chi connectivity index (χ2v) is 11.6. The van der Waals surface area contributed by atoms with Crippen molar-refractivity contribution in [3.63, 3.8) is 0 Å². The third-order valence-electron chi connectivity index (χ3n) is 8.61. The molecule has 6 aromatic rings. The third-order valence-corrected chi connectivity index (χ3v) is 8.94. The molecule has 0 saturated carbocycles. The molecule has 0 bridgehead atoms. The molecule has 1 unspecified atom stereocenters. The van der Waals surface area contributed by atoms with Crippen LogP contribution in [0.15, 0.2) is 182 Å². The van der Waals surface area contributed by atoms with Crippen LogP contribution in [0.25, 0.3) is 11.1 Å². The van der Waals surface area contributed by atoms with E-state index in [4.69, 9.17) is 11.6 Å². The van der Waals surface area contributed by atoms with Gasteiger partial charge in [-0.1, -0.05) is 175 Å². The van der Waals surface area contributed by atoms with E-state index in [2.05, 4.69) is 180 Å². The molecule has 0 saturated heterocycles. The molecule has 0 radical (unpaired) electrons. The van der Waals surface area contributed by atoms with E-state index in [9.17, 15) is 0 Å². The first-order valence-electron chi connectivity index (χ1n) is 15.0. The summed E-state index contributed by atoms with van der Waals surface area (Å²) in [6.07, 6.45) is 4.47. The Morgan fingerprint density at radius 3 is 1.55 bits per heavy atom. The quantitative estimate of drug-likeness (QED) is 0.163. The zero-order chi connectivity index (χ0) is 29.8. The molecular weight excluding hydrogens is 556 g/mol. The topological polar surface area (TPSA) is 6.48 Å². The van der Waals surface area contributed by atoms with Crippen LogP contribution in [-0.4, -0.2) is 16.5 Å². The fraction of sp³-hybridized carbons (Fsp3) is 0.0732. The minimum absolute atomic E-state index is 0.0257. The molecule has 214 valence electrons. The molecule has 1 heterocycles. The largest absolute Gasteiger partial charge is 0.347 e. The number of rotatable bonds is 8. The van der Waals surface area contributed by atoms with Gasteiger partial charge in [-0.05, 0) is 39.4 Å². The van der Waals surface area contributed by atoms with Gasteiger partial charge in [0.05, 0.1) is 12.7 Å². The predicted octanol–water partition coefficient (Wildman–Crippen LogP) is 10.1. The SMILES string of the molecule is Clc1ccccc1C(c1ccccc1)(c1ccccc1)N1C=CN(C(c2ccccc2)c2ccc(-c3ccccc3)cc2)C1. The molecule has 44 heavy (non-hydrogen) atoms. The lowest BCUT2D eigenvalue weighted by molar-refractivity contribution is 0.162. The van der Waals surface area contributed by atoms with Crippen LogP contribution >= 0.6 is 11.6 Å². The molecular formula is C41H33ClN2. The molecule has 3 heteroatoms. The van der Waals surface area contributed by atoms with E-state index in [0.29, 0.717) is 6.67 Å². The van der Waals surface area contributed by atoms with Crippen LogP contribution in [0.2, 0.25) is 5.02 Å². The molecule has 0 spiro atoms. The highest BCUT2D eigenvalue weighted by Crippen LogP contribution is 2.47. The summed E-state index contributed by atoms with van der Waals surface area (Å²) in [5.74, 6) is 0. The fourth-order valence-electron chi connectivity index (χ4n) is 6.60. The molecule has 1 aliphatic rings. The molecule has 0 fully saturated rings. The normalized spacial score (nSPS) is 13.7. The Hall–Kier alpha value is -5.05. The van der Waals surface area contributed by atoms with Gasteiger partial charge in [-0.2, -0.15) is 0 Å². The minimum atomic E-state index is -0.648. The minimum Gasteiger partial charge on any atom is -0.347 e. The summed E-state index contributed by atoms with van der Waals surface area (Å²) in [4.78, 5) is 4.87. The summed E-state index contributed by atoms with van der Waals surface area (Å²) in [6, 6.07) is 60.1. The van der Waals surface area contributed by atoms with Gasteiger partial charge >= 0.3 is 0 Å². The Balaban J connectivity index is 1.34. The van der Waals surface area contributed by atoms with E-state index in [0.717, 1.165) is 21.7 Å². The summed E-state index contributed by atoms with van der Waals surface area (Å²) in [7, 11) is 0. The van der Waals surface area contributed by atoms with Gasteiger partial charge in [-0.3, -0.25) is 0 Å². The summed E-state index contributed by atoms with van der Waals surface area (Å²) < 4.78 is 0. The van der Waals surface area contributed by atoms with E-state index in [1.54, 1.807) is 0 Å². The maximum atomic E-state index is 7.08. The monoisotopic (exact) mass is 588 g/mol. The smallest absolute Gasteiger partial charge is 0.119 e. The molecule has 1 aliphatic heterocycles. The number of benzene rings is 6. The highest BCUT2D eigenvalue weighted by Gasteiger charge is 2.44. The van der Waals surface area contributed by atoms with Crippen LogP contribution in [0, 0.1) is 0 Å². The van der Waals surface area contributed by atoms with Crippen molar-refractivity contribution in [3.05, 3.63) is 215 Å². The van der Waals surface area contributed by atoms with E-state index >= 15 is 0 Å². The first kappa shape index (κ1) is 27.8. The van der Waals surface area contributed by atoms with Gasteiger partial charge in [0, 0.05) is 23.0 Å². The number of halogens is 1. The standard InChI is InChI=1S/C41H33ClN2/c42-39-24-14-13-23-38(39)41(36-19-9-3-10-20-36,37-21-11-4-12-22-37)44-30-29-43(31-44)40(34-17-7-2-8-18-34)35-27-25-33(26-28-35)32-15-5-1-6-16-32/h1-30,40H,31H2. The zero-order valence-corrected chi connectivity index (χ0v) is 25.1. The van der Waals surface area contributed by atoms with Crippen molar-refractivity contribution in [2.45, 2.75) is 11.6 Å². The first-order valence-corrected chi connectivity index (χ1v) is 15.4. The molecule has 7 rings (SSSR count). The number of nitrogens with zero attached hydrogens (tertiary/aromatic N) is 2. The molecule has 2 nitrogen and oxygen atoms in total. The summed E-state index contributed by atoms with van der Waals surface area (Å²) in [5.41, 5.74) is 7.64. The van der Waals surface area contributed by atoms with Crippen LogP contribution in [0.4, 0.5) is 0 Å². The Morgan fingerprint density at radius 2 is 0.955 bits per heavy atom. The van der Waals surface area contributed by atoms with Crippen LogP contribution in [0.3, 0.4) is 0 Å². The Morgan fingerprint density at radius 1 is 0.477 bits per heavy atom. The number of hydrogen-bond acceptors (Lipinski definition) is 2. The van der Waals surface area contributed by atoms with Crippen molar-refractivity contribution in [2.24, 2.45) is 0 Å². The maximum Gasteiger partial charge on any atom is 0.119 e. The fourth-order valence-corrected chi connectivity index (χ4v) is 6.87. The second-order valence-electron chi connectivity index (χ2n) is 11.1. The van der Waals surface area contributed by atoms with Crippen LogP contribution < -0.4 is 0 Å². The van der Waals surface area contributed by atoms with Crippen molar-refractivity contribution in [2.75, 3.05) is 6.67 Å². The van der Waals surface area contributed by atoms with Gasteiger partial charge in [0.1, 0.15) is 5.54 Å². The maximum absolute atomic E-state index is 7.08. The molecule has 6 aromatic carbocycles. The van der Waals surface area contributed by atoms with Gasteiger partial charge in [-0.25, -0.2) is 0 Å². The predicted molar refractivity (Wildman–Crippen MR) is 182 cm³/mol. The van der Waals surface area contributed by atoms with Gasteiger partial charge in [0.2, 0.25) is 0 Å². The summed E-state index contributed by atoms with van der Waals surface area (Å²) in [5, 5.41) is 0.739. The Kier molecular flexibility index (Phi) is 7.75. The van der Waals surface area contributed by atoms with Crippen LogP contribution in [-0.2, 0) is 5.54 Å². The van der Waals surface area contributed by atoms with Crippen LogP contribution in [0.5, 0.6) is 0 Å². The Bertz CT molecular complexity index is 1800. The first-order chi connectivity index (χ1) is 21.7. The average molecular weight is 589 g/mol. The lowest BCUT2D eigenvalue weighted by atomic mass is 9.76. The van der Waals surface area contributed by atoms with Crippen molar-refractivity contribution < 1.29 is 0 Å².